The van der Waals surface area contributed by atoms with E-state index in [1.165, 1.54) is 18.9 Å². The number of nitrogens with one attached hydrogen (secondary N) is 1. The van der Waals surface area contributed by atoms with Crippen LogP contribution < -0.4 is 19.7 Å². The predicted molar refractivity (Wildman–Crippen MR) is 134 cm³/mol. The van der Waals surface area contributed by atoms with Crippen LogP contribution in [0, 0.1) is 0 Å². The van der Waals surface area contributed by atoms with Crippen LogP contribution in [-0.2, 0) is 20.8 Å². The Morgan fingerprint density at radius 3 is 2.58 bits per heavy atom. The number of nitrogens with zero attached hydrogens (tertiary/aromatic N) is 1. The van der Waals surface area contributed by atoms with Gasteiger partial charge in [-0.1, -0.05) is 12.1 Å². The molecule has 0 saturated carbocycles. The molecule has 3 aromatic carbocycles. The number of carbonyl (C=O) groups excluding carboxylic acids is 3. The van der Waals surface area contributed by atoms with Crippen molar-refractivity contribution in [2.75, 3.05) is 23.9 Å². The number of benzene rings is 3. The minimum absolute atomic E-state index is 0.0157. The molecule has 8 nitrogen and oxygen atoms in total. The maximum absolute atomic E-state index is 13.4. The van der Waals surface area contributed by atoms with E-state index in [9.17, 15) is 19.5 Å². The van der Waals surface area contributed by atoms with E-state index in [2.05, 4.69) is 5.32 Å². The summed E-state index contributed by atoms with van der Waals surface area (Å²) in [6.45, 7) is 1.96. The topological polar surface area (TPSA) is 105 Å². The van der Waals surface area contributed by atoms with Gasteiger partial charge in [-0.2, -0.15) is 0 Å². The maximum atomic E-state index is 13.4. The van der Waals surface area contributed by atoms with Gasteiger partial charge in [0, 0.05) is 30.3 Å². The van der Waals surface area contributed by atoms with E-state index in [0.717, 1.165) is 11.3 Å². The molecule has 1 atom stereocenters. The summed E-state index contributed by atoms with van der Waals surface area (Å²) in [5.74, 6) is -0.735. The highest BCUT2D eigenvalue weighted by molar-refractivity contribution is 6.51. The Balaban J connectivity index is 1.66. The summed E-state index contributed by atoms with van der Waals surface area (Å²) in [5, 5.41) is 14.1. The molecule has 5 rings (SSSR count). The Hall–Kier alpha value is -4.59. The monoisotopic (exact) mass is 484 g/mol. The zero-order valence-corrected chi connectivity index (χ0v) is 19.8. The van der Waals surface area contributed by atoms with E-state index in [4.69, 9.17) is 9.47 Å². The van der Waals surface area contributed by atoms with Gasteiger partial charge in [-0.3, -0.25) is 19.3 Å². The van der Waals surface area contributed by atoms with Crippen molar-refractivity contribution in [3.05, 3.63) is 89.0 Å². The molecule has 2 aliphatic heterocycles. The van der Waals surface area contributed by atoms with E-state index in [-0.39, 0.29) is 17.2 Å². The van der Waals surface area contributed by atoms with Gasteiger partial charge in [0.05, 0.1) is 25.3 Å². The molecule has 0 spiro atoms. The van der Waals surface area contributed by atoms with Gasteiger partial charge >= 0.3 is 0 Å². The second-order valence-corrected chi connectivity index (χ2v) is 8.59. The smallest absolute Gasteiger partial charge is 0.300 e. The zero-order valence-electron chi connectivity index (χ0n) is 19.8. The number of fused-ring (bicyclic) bond motifs is 1. The van der Waals surface area contributed by atoms with Crippen molar-refractivity contribution >= 4 is 34.7 Å². The van der Waals surface area contributed by atoms with Crippen molar-refractivity contribution in [1.82, 2.24) is 0 Å². The van der Waals surface area contributed by atoms with Gasteiger partial charge < -0.3 is 19.9 Å². The molecular formula is C28H24N2O6. The Morgan fingerprint density at radius 1 is 1.08 bits per heavy atom. The highest BCUT2D eigenvalue weighted by Gasteiger charge is 2.47. The molecule has 2 N–H and O–H groups in total. The second kappa shape index (κ2) is 9.22. The van der Waals surface area contributed by atoms with Crippen molar-refractivity contribution in [2.45, 2.75) is 19.4 Å². The van der Waals surface area contributed by atoms with E-state index in [1.54, 1.807) is 66.7 Å². The molecule has 1 saturated heterocycles. The molecule has 1 fully saturated rings. The number of carbonyl (C=O) groups is 3. The number of anilines is 2. The molecule has 0 aromatic heterocycles. The molecule has 2 heterocycles. The molecular weight excluding hydrogens is 460 g/mol. The largest absolute Gasteiger partial charge is 0.507 e. The average molecular weight is 485 g/mol. The normalized spacial score (nSPS) is 18.1. The van der Waals surface area contributed by atoms with Crippen LogP contribution in [0.2, 0.25) is 0 Å². The molecule has 8 heteroatoms. The summed E-state index contributed by atoms with van der Waals surface area (Å²) < 4.78 is 10.9. The zero-order chi connectivity index (χ0) is 25.4. The van der Waals surface area contributed by atoms with Crippen LogP contribution in [0.1, 0.15) is 29.7 Å². The summed E-state index contributed by atoms with van der Waals surface area (Å²) in [4.78, 5) is 39.5. The minimum Gasteiger partial charge on any atom is -0.507 e. The second-order valence-electron chi connectivity index (χ2n) is 8.59. The lowest BCUT2D eigenvalue weighted by molar-refractivity contribution is -0.132. The fraction of sp³-hybridized carbons (Fsp3) is 0.179. The van der Waals surface area contributed by atoms with Crippen molar-refractivity contribution in [1.29, 1.82) is 0 Å². The summed E-state index contributed by atoms with van der Waals surface area (Å²) >= 11 is 0. The van der Waals surface area contributed by atoms with Gasteiger partial charge in [0.15, 0.2) is 0 Å². The first-order valence-corrected chi connectivity index (χ1v) is 11.5. The predicted octanol–water partition coefficient (Wildman–Crippen LogP) is 4.21. The third kappa shape index (κ3) is 4.07. The highest BCUT2D eigenvalue weighted by Crippen LogP contribution is 2.43. The molecule has 182 valence electrons. The third-order valence-corrected chi connectivity index (χ3v) is 6.28. The van der Waals surface area contributed by atoms with Crippen LogP contribution in [0.5, 0.6) is 11.5 Å². The standard InChI is InChI=1S/C28H24N2O6/c1-16(31)29-20-7-9-21(10-8-20)30-25(18-4-3-5-22(15-18)35-2)24(27(33)28(30)34)26(32)19-6-11-23-17(14-19)12-13-36-23/h3-11,14-15,25,32H,12-13H2,1-2H3,(H,29,31)/b26-24-. The number of ketones is 1. The van der Waals surface area contributed by atoms with Gasteiger partial charge in [-0.25, -0.2) is 0 Å². The minimum atomic E-state index is -0.892. The van der Waals surface area contributed by atoms with Crippen LogP contribution in [0.15, 0.2) is 72.3 Å². The van der Waals surface area contributed by atoms with Gasteiger partial charge in [0.2, 0.25) is 5.91 Å². The lowest BCUT2D eigenvalue weighted by atomic mass is 9.94. The van der Waals surface area contributed by atoms with Crippen LogP contribution in [0.3, 0.4) is 0 Å². The number of hydrogen-bond donors (Lipinski definition) is 2. The quantitative estimate of drug-likeness (QED) is 0.319. The number of ether oxygens (including phenoxy) is 2. The Bertz CT molecular complexity index is 1410. The number of amides is 2. The van der Waals surface area contributed by atoms with Gasteiger partial charge in [-0.05, 0) is 65.7 Å². The van der Waals surface area contributed by atoms with Crippen LogP contribution in [0.4, 0.5) is 11.4 Å². The number of rotatable bonds is 5. The van der Waals surface area contributed by atoms with Crippen molar-refractivity contribution in [3.63, 3.8) is 0 Å². The van der Waals surface area contributed by atoms with Crippen molar-refractivity contribution < 1.29 is 29.0 Å². The van der Waals surface area contributed by atoms with Crippen LogP contribution >= 0.6 is 0 Å². The van der Waals surface area contributed by atoms with Crippen LogP contribution in [-0.4, -0.2) is 36.4 Å². The molecule has 0 radical (unpaired) electrons. The van der Waals surface area contributed by atoms with Gasteiger partial charge in [0.1, 0.15) is 17.3 Å². The summed E-state index contributed by atoms with van der Waals surface area (Å²) in [6, 6.07) is 18.0. The lowest BCUT2D eigenvalue weighted by Gasteiger charge is -2.26. The Morgan fingerprint density at radius 2 is 1.86 bits per heavy atom. The first-order valence-electron chi connectivity index (χ1n) is 11.5. The molecule has 1 unspecified atom stereocenters. The summed E-state index contributed by atoms with van der Waals surface area (Å²) in [7, 11) is 1.53. The molecule has 2 aliphatic rings. The lowest BCUT2D eigenvalue weighted by Crippen LogP contribution is -2.29. The summed E-state index contributed by atoms with van der Waals surface area (Å²) in [5.41, 5.74) is 2.95. The number of methoxy groups -OCH3 is 1. The maximum Gasteiger partial charge on any atom is 0.300 e. The molecule has 36 heavy (non-hydrogen) atoms. The molecule has 0 bridgehead atoms. The first-order chi connectivity index (χ1) is 17.4. The van der Waals surface area contributed by atoms with E-state index < -0.39 is 17.7 Å². The average Bonchev–Trinajstić information content (AvgIpc) is 3.46. The molecule has 0 aliphatic carbocycles. The Labute approximate surface area is 207 Å². The fourth-order valence-electron chi connectivity index (χ4n) is 4.62. The molecule has 3 aromatic rings. The van der Waals surface area contributed by atoms with Crippen molar-refractivity contribution in [3.8, 4) is 11.5 Å². The molecule has 2 amide bonds. The number of aliphatic hydroxyl groups excluding tert-OH is 1. The van der Waals surface area contributed by atoms with Gasteiger partial charge in [-0.15, -0.1) is 0 Å². The highest BCUT2D eigenvalue weighted by atomic mass is 16.5. The van der Waals surface area contributed by atoms with E-state index >= 15 is 0 Å². The number of Topliss-reactive ketones (excluding diaryl/α,β-unsaturated/α-hetero) is 1. The van der Waals surface area contributed by atoms with E-state index in [0.29, 0.717) is 41.3 Å². The Kier molecular flexibility index (Phi) is 5.93. The van der Waals surface area contributed by atoms with E-state index in [1.807, 2.05) is 0 Å². The van der Waals surface area contributed by atoms with Gasteiger partial charge in [0.25, 0.3) is 11.7 Å². The fourth-order valence-corrected chi connectivity index (χ4v) is 4.62. The number of hydrogen-bond acceptors (Lipinski definition) is 6. The van der Waals surface area contributed by atoms with Crippen molar-refractivity contribution in [2.24, 2.45) is 0 Å². The number of aliphatic hydroxyl groups is 1. The SMILES string of the molecule is COc1cccc(C2/C(=C(/O)c3ccc4c(c3)CCO4)C(=O)C(=O)N2c2ccc(NC(C)=O)cc2)c1. The first kappa shape index (κ1) is 23.2. The van der Waals surface area contributed by atoms with Crippen LogP contribution in [0.25, 0.3) is 5.76 Å². The third-order valence-electron chi connectivity index (χ3n) is 6.28. The summed E-state index contributed by atoms with van der Waals surface area (Å²) in [6.07, 6.45) is 0.699.